The van der Waals surface area contributed by atoms with Crippen molar-refractivity contribution in [3.05, 3.63) is 0 Å². The summed E-state index contributed by atoms with van der Waals surface area (Å²) in [6, 6.07) is 0.950. The van der Waals surface area contributed by atoms with Gasteiger partial charge in [0.2, 0.25) is 0 Å². The Morgan fingerprint density at radius 1 is 1.16 bits per heavy atom. The quantitative estimate of drug-likeness (QED) is 0.802. The second kappa shape index (κ2) is 8.90. The molecule has 0 spiro atoms. The van der Waals surface area contributed by atoms with Crippen molar-refractivity contribution < 1.29 is 0 Å². The largest absolute Gasteiger partial charge is 0.325 e. The number of rotatable bonds is 3. The van der Waals surface area contributed by atoms with Gasteiger partial charge in [-0.15, -0.1) is 0 Å². The van der Waals surface area contributed by atoms with Crippen LogP contribution in [-0.4, -0.2) is 68.7 Å². The summed E-state index contributed by atoms with van der Waals surface area (Å²) in [4.78, 5) is 4.95. The first kappa shape index (κ1) is 16.9. The van der Waals surface area contributed by atoms with Crippen LogP contribution in [0.3, 0.4) is 0 Å². The summed E-state index contributed by atoms with van der Waals surface area (Å²) in [5.41, 5.74) is 6.21. The lowest BCUT2D eigenvalue weighted by atomic mass is 9.92. The van der Waals surface area contributed by atoms with Crippen molar-refractivity contribution in [3.63, 3.8) is 0 Å². The van der Waals surface area contributed by atoms with Crippen LogP contribution in [0.4, 0.5) is 0 Å². The van der Waals surface area contributed by atoms with Gasteiger partial charge in [0.1, 0.15) is 0 Å². The molecule has 2 saturated heterocycles. The molecule has 0 radical (unpaired) electrons. The zero-order chi connectivity index (χ0) is 14.3. The van der Waals surface area contributed by atoms with E-state index < -0.39 is 0 Å². The lowest BCUT2D eigenvalue weighted by molar-refractivity contribution is 0.0909. The van der Waals surface area contributed by atoms with Crippen molar-refractivity contribution in [1.82, 2.24) is 15.1 Å². The highest BCUT2D eigenvalue weighted by molar-refractivity contribution is 4.90. The van der Waals surface area contributed by atoms with Crippen LogP contribution in [0, 0.1) is 5.92 Å². The second-order valence-electron chi connectivity index (χ2n) is 5.97. The fourth-order valence-electron chi connectivity index (χ4n) is 3.31. The van der Waals surface area contributed by atoms with Gasteiger partial charge in [-0.25, -0.2) is 0 Å². The highest BCUT2D eigenvalue weighted by Crippen LogP contribution is 2.22. The van der Waals surface area contributed by atoms with Crippen LogP contribution in [0.5, 0.6) is 0 Å². The molecule has 0 aromatic rings. The second-order valence-corrected chi connectivity index (χ2v) is 5.97. The average molecular weight is 270 g/mol. The molecule has 0 saturated carbocycles. The van der Waals surface area contributed by atoms with Crippen LogP contribution < -0.4 is 11.1 Å². The number of likely N-dealkylation sites (tertiary alicyclic amines) is 1. The molecule has 2 atom stereocenters. The first-order valence-corrected chi connectivity index (χ1v) is 8.02. The lowest BCUT2D eigenvalue weighted by Gasteiger charge is -2.42. The molecule has 0 bridgehead atoms. The number of hydrogen-bond donors (Lipinski definition) is 2. The van der Waals surface area contributed by atoms with E-state index in [0.717, 1.165) is 19.0 Å². The third-order valence-corrected chi connectivity index (χ3v) is 4.23. The van der Waals surface area contributed by atoms with Crippen LogP contribution in [0.25, 0.3) is 0 Å². The van der Waals surface area contributed by atoms with Crippen molar-refractivity contribution in [2.24, 2.45) is 11.7 Å². The van der Waals surface area contributed by atoms with Gasteiger partial charge in [-0.2, -0.15) is 0 Å². The summed E-state index contributed by atoms with van der Waals surface area (Å²) in [6.45, 7) is 9.86. The van der Waals surface area contributed by atoms with Gasteiger partial charge in [0.25, 0.3) is 0 Å². The summed E-state index contributed by atoms with van der Waals surface area (Å²) < 4.78 is 0. The average Bonchev–Trinajstić information content (AvgIpc) is 2.42. The SMILES string of the molecule is CC.CN(C)CC1CCN(C2CCNCC2N)CC1. The normalized spacial score (nSPS) is 30.0. The van der Waals surface area contributed by atoms with Gasteiger partial charge in [0.05, 0.1) is 0 Å². The molecular formula is C15H34N4. The maximum Gasteiger partial charge on any atom is 0.0324 e. The van der Waals surface area contributed by atoms with E-state index >= 15 is 0 Å². The Balaban J connectivity index is 0.000000861. The first-order chi connectivity index (χ1) is 9.16. The molecular weight excluding hydrogens is 236 g/mol. The minimum Gasteiger partial charge on any atom is -0.325 e. The van der Waals surface area contributed by atoms with E-state index in [1.807, 2.05) is 13.8 Å². The summed E-state index contributed by atoms with van der Waals surface area (Å²) in [5, 5.41) is 3.38. The molecule has 2 aliphatic rings. The van der Waals surface area contributed by atoms with E-state index in [1.165, 1.54) is 38.9 Å². The molecule has 0 aromatic carbocycles. The molecule has 2 unspecified atom stereocenters. The minimum absolute atomic E-state index is 0.328. The highest BCUT2D eigenvalue weighted by Gasteiger charge is 2.30. The molecule has 2 fully saturated rings. The van der Waals surface area contributed by atoms with Gasteiger partial charge >= 0.3 is 0 Å². The maximum absolute atomic E-state index is 6.21. The van der Waals surface area contributed by atoms with E-state index in [4.69, 9.17) is 5.73 Å². The van der Waals surface area contributed by atoms with Crippen LogP contribution in [0.2, 0.25) is 0 Å². The number of nitrogens with one attached hydrogen (secondary N) is 1. The Labute approximate surface area is 119 Å². The molecule has 3 N–H and O–H groups in total. The molecule has 0 aliphatic carbocycles. The molecule has 2 rings (SSSR count). The number of nitrogens with zero attached hydrogens (tertiary/aromatic N) is 2. The molecule has 19 heavy (non-hydrogen) atoms. The predicted molar refractivity (Wildman–Crippen MR) is 83.4 cm³/mol. The molecule has 2 heterocycles. The number of piperidine rings is 2. The van der Waals surface area contributed by atoms with Gasteiger partial charge in [-0.3, -0.25) is 4.90 Å². The standard InChI is InChI=1S/C13H28N4.C2H6/c1-16(2)10-11-4-7-17(8-5-11)13-3-6-15-9-12(13)14;1-2/h11-13,15H,3-10,14H2,1-2H3;1-2H3. The Morgan fingerprint density at radius 2 is 1.79 bits per heavy atom. The maximum atomic E-state index is 6.21. The van der Waals surface area contributed by atoms with E-state index in [1.54, 1.807) is 0 Å². The van der Waals surface area contributed by atoms with Gasteiger partial charge < -0.3 is 16.0 Å². The molecule has 4 heteroatoms. The van der Waals surface area contributed by atoms with Crippen molar-refractivity contribution in [1.29, 1.82) is 0 Å². The smallest absolute Gasteiger partial charge is 0.0324 e. The van der Waals surface area contributed by atoms with Gasteiger partial charge in [-0.1, -0.05) is 13.8 Å². The number of nitrogens with two attached hydrogens (primary N) is 1. The highest BCUT2D eigenvalue weighted by atomic mass is 15.2. The Morgan fingerprint density at radius 3 is 2.32 bits per heavy atom. The van der Waals surface area contributed by atoms with E-state index in [0.29, 0.717) is 12.1 Å². The fraction of sp³-hybridized carbons (Fsp3) is 1.00. The van der Waals surface area contributed by atoms with Crippen molar-refractivity contribution in [2.45, 2.75) is 45.2 Å². The summed E-state index contributed by atoms with van der Waals surface area (Å²) in [7, 11) is 4.35. The van der Waals surface area contributed by atoms with Crippen LogP contribution in [0.1, 0.15) is 33.1 Å². The fourth-order valence-corrected chi connectivity index (χ4v) is 3.31. The Hall–Kier alpha value is -0.160. The van der Waals surface area contributed by atoms with Crippen molar-refractivity contribution in [2.75, 3.05) is 46.8 Å². The summed E-state index contributed by atoms with van der Waals surface area (Å²) >= 11 is 0. The Kier molecular flexibility index (Phi) is 7.91. The van der Waals surface area contributed by atoms with Gasteiger partial charge in [0, 0.05) is 25.2 Å². The summed E-state index contributed by atoms with van der Waals surface area (Å²) in [5.74, 6) is 0.888. The van der Waals surface area contributed by atoms with Crippen LogP contribution >= 0.6 is 0 Å². The van der Waals surface area contributed by atoms with E-state index in [2.05, 4.69) is 29.2 Å². The number of hydrogen-bond acceptors (Lipinski definition) is 4. The predicted octanol–water partition coefficient (Wildman–Crippen LogP) is 0.975. The molecule has 114 valence electrons. The molecule has 4 nitrogen and oxygen atoms in total. The van der Waals surface area contributed by atoms with E-state index in [-0.39, 0.29) is 0 Å². The van der Waals surface area contributed by atoms with Crippen molar-refractivity contribution >= 4 is 0 Å². The zero-order valence-corrected chi connectivity index (χ0v) is 13.4. The molecule has 0 aromatic heterocycles. The lowest BCUT2D eigenvalue weighted by Crippen LogP contribution is -2.58. The van der Waals surface area contributed by atoms with Gasteiger partial charge in [0.15, 0.2) is 0 Å². The zero-order valence-electron chi connectivity index (χ0n) is 13.4. The first-order valence-electron chi connectivity index (χ1n) is 8.02. The Bertz CT molecular complexity index is 224. The topological polar surface area (TPSA) is 44.5 Å². The molecule has 0 amide bonds. The van der Waals surface area contributed by atoms with Crippen LogP contribution in [0.15, 0.2) is 0 Å². The minimum atomic E-state index is 0.328. The van der Waals surface area contributed by atoms with Gasteiger partial charge in [-0.05, 0) is 58.9 Å². The summed E-state index contributed by atoms with van der Waals surface area (Å²) in [6.07, 6.45) is 3.91. The monoisotopic (exact) mass is 270 g/mol. The molecule has 2 aliphatic heterocycles. The van der Waals surface area contributed by atoms with Crippen LogP contribution in [-0.2, 0) is 0 Å². The van der Waals surface area contributed by atoms with Crippen molar-refractivity contribution in [3.8, 4) is 0 Å². The third-order valence-electron chi connectivity index (χ3n) is 4.23. The van der Waals surface area contributed by atoms with E-state index in [9.17, 15) is 0 Å². The third kappa shape index (κ3) is 5.38.